The van der Waals surface area contributed by atoms with E-state index in [4.69, 9.17) is 9.47 Å². The number of hydrogen-bond acceptors (Lipinski definition) is 3. The molecule has 2 amide bonds. The van der Waals surface area contributed by atoms with Gasteiger partial charge in [0.25, 0.3) is 0 Å². The van der Waals surface area contributed by atoms with Gasteiger partial charge >= 0.3 is 6.03 Å². The molecule has 0 saturated carbocycles. The van der Waals surface area contributed by atoms with E-state index in [2.05, 4.69) is 22.8 Å². The zero-order valence-corrected chi connectivity index (χ0v) is 13.4. The van der Waals surface area contributed by atoms with Crippen molar-refractivity contribution in [3.05, 3.63) is 29.8 Å². The molecule has 2 N–H and O–H groups in total. The first-order valence-electron chi connectivity index (χ1n) is 7.96. The van der Waals surface area contributed by atoms with Crippen molar-refractivity contribution in [1.82, 2.24) is 10.6 Å². The summed E-state index contributed by atoms with van der Waals surface area (Å²) in [5.74, 6) is 0.864. The van der Waals surface area contributed by atoms with E-state index in [-0.39, 0.29) is 18.2 Å². The van der Waals surface area contributed by atoms with Crippen LogP contribution >= 0.6 is 0 Å². The number of methoxy groups -OCH3 is 1. The molecule has 2 rings (SSSR count). The van der Waals surface area contributed by atoms with Gasteiger partial charge in [-0.2, -0.15) is 0 Å². The van der Waals surface area contributed by atoms with Gasteiger partial charge in [-0.25, -0.2) is 4.79 Å². The van der Waals surface area contributed by atoms with Crippen LogP contribution in [0.3, 0.4) is 0 Å². The number of amides is 2. The number of ether oxygens (including phenoxy) is 2. The van der Waals surface area contributed by atoms with Crippen molar-refractivity contribution in [3.8, 4) is 5.75 Å². The van der Waals surface area contributed by atoms with Crippen LogP contribution in [-0.2, 0) is 11.2 Å². The minimum Gasteiger partial charge on any atom is -0.497 e. The Morgan fingerprint density at radius 2 is 2.18 bits per heavy atom. The van der Waals surface area contributed by atoms with E-state index in [1.54, 1.807) is 7.11 Å². The van der Waals surface area contributed by atoms with Crippen molar-refractivity contribution in [3.63, 3.8) is 0 Å². The average Bonchev–Trinajstić information content (AvgIpc) is 3.05. The van der Waals surface area contributed by atoms with Gasteiger partial charge in [0.1, 0.15) is 5.75 Å². The minimum atomic E-state index is -0.113. The summed E-state index contributed by atoms with van der Waals surface area (Å²) in [4.78, 5) is 11.8. The van der Waals surface area contributed by atoms with Crippen LogP contribution in [-0.4, -0.2) is 38.4 Å². The normalized spacial score (nSPS) is 18.7. The molecule has 5 heteroatoms. The topological polar surface area (TPSA) is 59.6 Å². The number of hydrogen-bond donors (Lipinski definition) is 2. The summed E-state index contributed by atoms with van der Waals surface area (Å²) in [7, 11) is 1.66. The molecule has 1 heterocycles. The maximum Gasteiger partial charge on any atom is 0.315 e. The highest BCUT2D eigenvalue weighted by atomic mass is 16.5. The van der Waals surface area contributed by atoms with Crippen molar-refractivity contribution < 1.29 is 14.3 Å². The zero-order chi connectivity index (χ0) is 15.8. The van der Waals surface area contributed by atoms with Gasteiger partial charge in [0.2, 0.25) is 0 Å². The second kappa shape index (κ2) is 8.63. The standard InChI is InChI=1S/C17H26N2O3/c1-13(5-6-14-7-9-15(21-2)10-8-14)19-17(20)18-12-16-4-3-11-22-16/h7-10,13,16H,3-6,11-12H2,1-2H3,(H2,18,19,20)/t13-,16-/m0/s1. The second-order valence-corrected chi connectivity index (χ2v) is 5.78. The number of rotatable bonds is 7. The van der Waals surface area contributed by atoms with Crippen molar-refractivity contribution >= 4 is 6.03 Å². The van der Waals surface area contributed by atoms with Crippen LogP contribution in [0.4, 0.5) is 4.79 Å². The molecule has 1 aromatic carbocycles. The van der Waals surface area contributed by atoms with E-state index in [0.717, 1.165) is 38.0 Å². The summed E-state index contributed by atoms with van der Waals surface area (Å²) in [6.45, 7) is 3.43. The number of urea groups is 1. The number of aryl methyl sites for hydroxylation is 1. The average molecular weight is 306 g/mol. The third-order valence-electron chi connectivity index (χ3n) is 3.92. The van der Waals surface area contributed by atoms with Crippen LogP contribution in [0.15, 0.2) is 24.3 Å². The van der Waals surface area contributed by atoms with Crippen LogP contribution in [0, 0.1) is 0 Å². The number of benzene rings is 1. The Hall–Kier alpha value is -1.75. The Morgan fingerprint density at radius 1 is 1.41 bits per heavy atom. The molecule has 5 nitrogen and oxygen atoms in total. The van der Waals surface area contributed by atoms with Crippen LogP contribution in [0.5, 0.6) is 5.75 Å². The van der Waals surface area contributed by atoms with Crippen LogP contribution in [0.25, 0.3) is 0 Å². The molecule has 1 saturated heterocycles. The fraction of sp³-hybridized carbons (Fsp3) is 0.588. The Balaban J connectivity index is 1.63. The highest BCUT2D eigenvalue weighted by molar-refractivity contribution is 5.74. The molecule has 1 aliphatic rings. The summed E-state index contributed by atoms with van der Waals surface area (Å²) in [6, 6.07) is 8.06. The van der Waals surface area contributed by atoms with E-state index in [0.29, 0.717) is 6.54 Å². The highest BCUT2D eigenvalue weighted by Gasteiger charge is 2.16. The largest absolute Gasteiger partial charge is 0.497 e. The first-order chi connectivity index (χ1) is 10.7. The summed E-state index contributed by atoms with van der Waals surface area (Å²) < 4.78 is 10.6. The van der Waals surface area contributed by atoms with Crippen LogP contribution in [0.1, 0.15) is 31.7 Å². The third kappa shape index (κ3) is 5.56. The molecule has 0 aliphatic carbocycles. The first-order valence-corrected chi connectivity index (χ1v) is 7.96. The summed E-state index contributed by atoms with van der Waals surface area (Å²) in [5, 5.41) is 5.84. The van der Waals surface area contributed by atoms with Crippen molar-refractivity contribution in [2.24, 2.45) is 0 Å². The highest BCUT2D eigenvalue weighted by Crippen LogP contribution is 2.13. The third-order valence-corrected chi connectivity index (χ3v) is 3.92. The van der Waals surface area contributed by atoms with Crippen LogP contribution < -0.4 is 15.4 Å². The molecule has 0 radical (unpaired) electrons. The SMILES string of the molecule is COc1ccc(CC[C@H](C)NC(=O)NC[C@@H]2CCCO2)cc1. The zero-order valence-electron chi connectivity index (χ0n) is 13.4. The Labute approximate surface area is 132 Å². The van der Waals surface area contributed by atoms with E-state index in [9.17, 15) is 4.79 Å². The summed E-state index contributed by atoms with van der Waals surface area (Å²) in [5.41, 5.74) is 1.24. The molecule has 22 heavy (non-hydrogen) atoms. The van der Waals surface area contributed by atoms with Crippen molar-refractivity contribution in [2.45, 2.75) is 44.8 Å². The number of carbonyl (C=O) groups excluding carboxylic acids is 1. The second-order valence-electron chi connectivity index (χ2n) is 5.78. The lowest BCUT2D eigenvalue weighted by atomic mass is 10.1. The van der Waals surface area contributed by atoms with Gasteiger partial charge in [-0.15, -0.1) is 0 Å². The quantitative estimate of drug-likeness (QED) is 0.813. The van der Waals surface area contributed by atoms with Gasteiger partial charge in [0.05, 0.1) is 13.2 Å². The predicted molar refractivity (Wildman–Crippen MR) is 86.3 cm³/mol. The summed E-state index contributed by atoms with van der Waals surface area (Å²) >= 11 is 0. The van der Waals surface area contributed by atoms with E-state index >= 15 is 0 Å². The van der Waals surface area contributed by atoms with Gasteiger partial charge in [0.15, 0.2) is 0 Å². The fourth-order valence-corrected chi connectivity index (χ4v) is 2.53. The minimum absolute atomic E-state index is 0.113. The van der Waals surface area contributed by atoms with E-state index in [1.807, 2.05) is 19.1 Å². The Bertz CT molecular complexity index is 455. The number of nitrogens with one attached hydrogen (secondary N) is 2. The molecule has 122 valence electrons. The summed E-state index contributed by atoms with van der Waals surface area (Å²) in [6.07, 6.45) is 4.14. The molecule has 0 aromatic heterocycles. The number of carbonyl (C=O) groups is 1. The Kier molecular flexibility index (Phi) is 6.52. The smallest absolute Gasteiger partial charge is 0.315 e. The molecule has 0 unspecified atom stereocenters. The lowest BCUT2D eigenvalue weighted by Crippen LogP contribution is -2.43. The van der Waals surface area contributed by atoms with Gasteiger partial charge in [0, 0.05) is 19.2 Å². The monoisotopic (exact) mass is 306 g/mol. The Morgan fingerprint density at radius 3 is 2.82 bits per heavy atom. The van der Waals surface area contributed by atoms with E-state index in [1.165, 1.54) is 5.56 Å². The molecule has 0 bridgehead atoms. The molecule has 1 aromatic rings. The molecule has 2 atom stereocenters. The lowest BCUT2D eigenvalue weighted by molar-refractivity contribution is 0.111. The maximum atomic E-state index is 11.8. The van der Waals surface area contributed by atoms with Gasteiger partial charge < -0.3 is 20.1 Å². The van der Waals surface area contributed by atoms with Crippen LogP contribution in [0.2, 0.25) is 0 Å². The maximum absolute atomic E-state index is 11.8. The van der Waals surface area contributed by atoms with Gasteiger partial charge in [-0.1, -0.05) is 12.1 Å². The molecular formula is C17H26N2O3. The van der Waals surface area contributed by atoms with E-state index < -0.39 is 0 Å². The lowest BCUT2D eigenvalue weighted by Gasteiger charge is -2.16. The predicted octanol–water partition coefficient (Wildman–Crippen LogP) is 2.49. The van der Waals surface area contributed by atoms with Gasteiger partial charge in [-0.3, -0.25) is 0 Å². The fourth-order valence-electron chi connectivity index (χ4n) is 2.53. The van der Waals surface area contributed by atoms with Gasteiger partial charge in [-0.05, 0) is 50.3 Å². The van der Waals surface area contributed by atoms with Crippen molar-refractivity contribution in [1.29, 1.82) is 0 Å². The molecule has 0 spiro atoms. The molecular weight excluding hydrogens is 280 g/mol. The first kappa shape index (κ1) is 16.6. The van der Waals surface area contributed by atoms with Crippen molar-refractivity contribution in [2.75, 3.05) is 20.3 Å². The molecule has 1 aliphatic heterocycles. The molecule has 1 fully saturated rings.